The molecule has 1 aromatic heterocycles. The zero-order chi connectivity index (χ0) is 15.6. The standard InChI is InChI=1S/C14H13ClFN3O2/c1-19(2)14(21)11(18-7-20)5-8-6-17-13-9(8)3-4-10(16)12(13)15/h3-7,17H,1-2H3,(H,18,20)/b11-5-. The average Bonchev–Trinajstić information content (AvgIpc) is 2.85. The zero-order valence-electron chi connectivity index (χ0n) is 11.4. The summed E-state index contributed by atoms with van der Waals surface area (Å²) in [6.07, 6.45) is 3.52. The minimum absolute atomic E-state index is 0.0176. The summed E-state index contributed by atoms with van der Waals surface area (Å²) in [5, 5.41) is 2.99. The van der Waals surface area contributed by atoms with E-state index < -0.39 is 5.82 Å². The molecule has 7 heteroatoms. The molecule has 2 amide bonds. The summed E-state index contributed by atoms with van der Waals surface area (Å²) in [7, 11) is 3.15. The molecule has 0 bridgehead atoms. The highest BCUT2D eigenvalue weighted by Crippen LogP contribution is 2.28. The molecule has 0 aliphatic rings. The highest BCUT2D eigenvalue weighted by molar-refractivity contribution is 6.35. The van der Waals surface area contributed by atoms with Crippen molar-refractivity contribution in [2.45, 2.75) is 0 Å². The molecule has 5 nitrogen and oxygen atoms in total. The van der Waals surface area contributed by atoms with E-state index in [2.05, 4.69) is 10.3 Å². The van der Waals surface area contributed by atoms with Crippen molar-refractivity contribution >= 4 is 40.9 Å². The molecule has 110 valence electrons. The van der Waals surface area contributed by atoms with Gasteiger partial charge in [0.25, 0.3) is 5.91 Å². The van der Waals surface area contributed by atoms with Crippen LogP contribution < -0.4 is 5.32 Å². The Morgan fingerprint density at radius 1 is 1.43 bits per heavy atom. The van der Waals surface area contributed by atoms with Crippen LogP contribution in [0.1, 0.15) is 5.56 Å². The Kier molecular flexibility index (Phi) is 4.28. The van der Waals surface area contributed by atoms with Crippen molar-refractivity contribution < 1.29 is 14.0 Å². The predicted octanol–water partition coefficient (Wildman–Crippen LogP) is 2.14. The molecule has 21 heavy (non-hydrogen) atoms. The van der Waals surface area contributed by atoms with Crippen LogP contribution in [0.15, 0.2) is 24.0 Å². The number of aromatic amines is 1. The summed E-state index contributed by atoms with van der Waals surface area (Å²) in [5.41, 5.74) is 1.16. The van der Waals surface area contributed by atoms with Gasteiger partial charge in [0, 0.05) is 31.2 Å². The van der Waals surface area contributed by atoms with Crippen molar-refractivity contribution in [3.8, 4) is 0 Å². The molecule has 0 spiro atoms. The van der Waals surface area contributed by atoms with Crippen molar-refractivity contribution in [3.05, 3.63) is 40.4 Å². The number of halogens is 2. The molecule has 0 aliphatic heterocycles. The van der Waals surface area contributed by atoms with E-state index in [1.165, 1.54) is 17.0 Å². The summed E-state index contributed by atoms with van der Waals surface area (Å²) in [6.45, 7) is 0. The maximum atomic E-state index is 13.4. The lowest BCUT2D eigenvalue weighted by Crippen LogP contribution is -2.30. The van der Waals surface area contributed by atoms with Crippen molar-refractivity contribution in [1.29, 1.82) is 0 Å². The molecule has 2 aromatic rings. The molecule has 0 unspecified atom stereocenters. The van der Waals surface area contributed by atoms with Crippen molar-refractivity contribution in [2.75, 3.05) is 14.1 Å². The van der Waals surface area contributed by atoms with Gasteiger partial charge in [0.15, 0.2) is 0 Å². The van der Waals surface area contributed by atoms with Gasteiger partial charge in [-0.2, -0.15) is 0 Å². The molecule has 0 saturated heterocycles. The van der Waals surface area contributed by atoms with Crippen molar-refractivity contribution in [1.82, 2.24) is 15.2 Å². The molecule has 0 fully saturated rings. The molecule has 1 aromatic carbocycles. The van der Waals surface area contributed by atoms with Crippen LogP contribution in [0, 0.1) is 5.82 Å². The van der Waals surface area contributed by atoms with E-state index in [4.69, 9.17) is 11.6 Å². The Hall–Kier alpha value is -2.34. The van der Waals surface area contributed by atoms with E-state index in [9.17, 15) is 14.0 Å². The molecule has 0 radical (unpaired) electrons. The number of hydrogen-bond donors (Lipinski definition) is 2. The maximum Gasteiger partial charge on any atom is 0.269 e. The first-order valence-corrected chi connectivity index (χ1v) is 6.42. The fraction of sp³-hybridized carbons (Fsp3) is 0.143. The summed E-state index contributed by atoms with van der Waals surface area (Å²) < 4.78 is 13.4. The van der Waals surface area contributed by atoms with Gasteiger partial charge in [0.1, 0.15) is 16.5 Å². The first-order chi connectivity index (χ1) is 9.95. The van der Waals surface area contributed by atoms with E-state index in [-0.39, 0.29) is 16.6 Å². The third-order valence-electron chi connectivity index (χ3n) is 2.93. The van der Waals surface area contributed by atoms with Gasteiger partial charge < -0.3 is 15.2 Å². The molecule has 1 heterocycles. The Morgan fingerprint density at radius 2 is 2.14 bits per heavy atom. The predicted molar refractivity (Wildman–Crippen MR) is 79.1 cm³/mol. The fourth-order valence-corrected chi connectivity index (χ4v) is 2.12. The van der Waals surface area contributed by atoms with Gasteiger partial charge in [0.05, 0.1) is 5.52 Å². The second-order valence-electron chi connectivity index (χ2n) is 4.55. The van der Waals surface area contributed by atoms with E-state index in [1.807, 2.05) is 0 Å². The molecular formula is C14H13ClFN3O2. The number of aromatic nitrogens is 1. The lowest BCUT2D eigenvalue weighted by molar-refractivity contribution is -0.125. The number of H-pyrrole nitrogens is 1. The summed E-state index contributed by atoms with van der Waals surface area (Å²) in [6, 6.07) is 2.80. The number of carbonyl (C=O) groups is 2. The summed E-state index contributed by atoms with van der Waals surface area (Å²) in [5.74, 6) is -0.887. The molecular weight excluding hydrogens is 297 g/mol. The topological polar surface area (TPSA) is 65.2 Å². The Labute approximate surface area is 125 Å². The number of rotatable bonds is 4. The second kappa shape index (κ2) is 5.97. The third kappa shape index (κ3) is 2.90. The maximum absolute atomic E-state index is 13.4. The van der Waals surface area contributed by atoms with Crippen LogP contribution in [0.4, 0.5) is 4.39 Å². The van der Waals surface area contributed by atoms with Crippen LogP contribution in [-0.2, 0) is 9.59 Å². The minimum atomic E-state index is -0.530. The lowest BCUT2D eigenvalue weighted by Gasteiger charge is -2.12. The zero-order valence-corrected chi connectivity index (χ0v) is 12.2. The van der Waals surface area contributed by atoms with Gasteiger partial charge in [-0.1, -0.05) is 11.6 Å². The lowest BCUT2D eigenvalue weighted by atomic mass is 10.1. The van der Waals surface area contributed by atoms with E-state index in [0.29, 0.717) is 22.9 Å². The monoisotopic (exact) mass is 309 g/mol. The largest absolute Gasteiger partial charge is 0.359 e. The number of benzene rings is 1. The van der Waals surface area contributed by atoms with Crippen LogP contribution in [0.5, 0.6) is 0 Å². The number of nitrogens with one attached hydrogen (secondary N) is 2. The SMILES string of the molecule is CN(C)C(=O)/C(=C/c1c[nH]c2c(Cl)c(F)ccc12)NC=O. The quantitative estimate of drug-likeness (QED) is 0.671. The molecule has 2 rings (SSSR count). The van der Waals surface area contributed by atoms with Crippen LogP contribution in [0.2, 0.25) is 5.02 Å². The number of fused-ring (bicyclic) bond motifs is 1. The summed E-state index contributed by atoms with van der Waals surface area (Å²) >= 11 is 5.88. The molecule has 0 atom stereocenters. The van der Waals surface area contributed by atoms with Gasteiger partial charge in [-0.3, -0.25) is 9.59 Å². The number of carbonyl (C=O) groups excluding carboxylic acids is 2. The highest BCUT2D eigenvalue weighted by atomic mass is 35.5. The first kappa shape index (κ1) is 15.1. The second-order valence-corrected chi connectivity index (χ2v) is 4.93. The van der Waals surface area contributed by atoms with E-state index in [0.717, 1.165) is 0 Å². The summed E-state index contributed by atoms with van der Waals surface area (Å²) in [4.78, 5) is 26.8. The molecule has 0 aliphatic carbocycles. The van der Waals surface area contributed by atoms with Crippen molar-refractivity contribution in [3.63, 3.8) is 0 Å². The minimum Gasteiger partial charge on any atom is -0.359 e. The van der Waals surface area contributed by atoms with Gasteiger partial charge in [0.2, 0.25) is 6.41 Å². The van der Waals surface area contributed by atoms with Crippen LogP contribution in [-0.4, -0.2) is 36.3 Å². The van der Waals surface area contributed by atoms with Gasteiger partial charge in [-0.05, 0) is 18.2 Å². The van der Waals surface area contributed by atoms with Gasteiger partial charge in [-0.15, -0.1) is 0 Å². The number of likely N-dealkylation sites (N-methyl/N-ethyl adjacent to an activating group) is 1. The first-order valence-electron chi connectivity index (χ1n) is 6.04. The number of amides is 2. The van der Waals surface area contributed by atoms with Crippen LogP contribution >= 0.6 is 11.6 Å². The Morgan fingerprint density at radius 3 is 2.76 bits per heavy atom. The van der Waals surface area contributed by atoms with Crippen molar-refractivity contribution in [2.24, 2.45) is 0 Å². The third-order valence-corrected chi connectivity index (χ3v) is 3.30. The van der Waals surface area contributed by atoms with E-state index >= 15 is 0 Å². The normalized spacial score (nSPS) is 11.5. The van der Waals surface area contributed by atoms with Crippen LogP contribution in [0.3, 0.4) is 0 Å². The van der Waals surface area contributed by atoms with Crippen LogP contribution in [0.25, 0.3) is 17.0 Å². The van der Waals surface area contributed by atoms with E-state index in [1.54, 1.807) is 26.4 Å². The average molecular weight is 310 g/mol. The number of nitrogens with zero attached hydrogens (tertiary/aromatic N) is 1. The smallest absolute Gasteiger partial charge is 0.269 e. The Balaban J connectivity index is 2.54. The molecule has 0 saturated carbocycles. The fourth-order valence-electron chi connectivity index (χ4n) is 1.90. The Bertz CT molecular complexity index is 737. The number of hydrogen-bond acceptors (Lipinski definition) is 2. The van der Waals surface area contributed by atoms with Gasteiger partial charge in [-0.25, -0.2) is 4.39 Å². The molecule has 2 N–H and O–H groups in total. The van der Waals surface area contributed by atoms with Gasteiger partial charge >= 0.3 is 0 Å². The highest BCUT2D eigenvalue weighted by Gasteiger charge is 2.14.